The normalized spacial score (nSPS) is 17.5. The van der Waals surface area contributed by atoms with Crippen molar-refractivity contribution < 1.29 is 18.7 Å². The first-order valence-corrected chi connectivity index (χ1v) is 9.66. The summed E-state index contributed by atoms with van der Waals surface area (Å²) < 4.78 is 25.3. The van der Waals surface area contributed by atoms with Gasteiger partial charge in [-0.15, -0.1) is 0 Å². The van der Waals surface area contributed by atoms with Gasteiger partial charge in [0.2, 0.25) is 0 Å². The number of hydrogen-bond acceptors (Lipinski definition) is 4. The largest absolute Gasteiger partial charge is 0.488 e. The number of carbonyl (C=O) groups excluding carboxylic acids is 1. The second-order valence-corrected chi connectivity index (χ2v) is 7.39. The van der Waals surface area contributed by atoms with E-state index in [0.717, 1.165) is 35.3 Å². The third-order valence-corrected chi connectivity index (χ3v) is 5.25. The fraction of sp³-hybridized carbons (Fsp3) is 0.348. The van der Waals surface area contributed by atoms with E-state index in [2.05, 4.69) is 12.1 Å². The van der Waals surface area contributed by atoms with Crippen LogP contribution in [-0.4, -0.2) is 43.7 Å². The second-order valence-electron chi connectivity index (χ2n) is 7.39. The molecule has 0 aromatic heterocycles. The summed E-state index contributed by atoms with van der Waals surface area (Å²) in [6, 6.07) is 13.2. The van der Waals surface area contributed by atoms with E-state index in [4.69, 9.17) is 9.47 Å². The van der Waals surface area contributed by atoms with Crippen molar-refractivity contribution in [1.29, 1.82) is 0 Å². The molecule has 0 fully saturated rings. The molecule has 0 amide bonds. The molecule has 2 aromatic carbocycles. The van der Waals surface area contributed by atoms with Gasteiger partial charge in [-0.25, -0.2) is 4.39 Å². The van der Waals surface area contributed by atoms with Crippen molar-refractivity contribution >= 4 is 17.3 Å². The second kappa shape index (κ2) is 7.76. The average Bonchev–Trinajstić information content (AvgIpc) is 3.01. The summed E-state index contributed by atoms with van der Waals surface area (Å²) in [6.07, 6.45) is 1.40. The molecule has 1 heterocycles. The monoisotopic (exact) mass is 381 g/mol. The fourth-order valence-electron chi connectivity index (χ4n) is 4.09. The van der Waals surface area contributed by atoms with Crippen LogP contribution in [0.5, 0.6) is 0 Å². The number of halogens is 1. The summed E-state index contributed by atoms with van der Waals surface area (Å²) in [7, 11) is 1.88. The lowest BCUT2D eigenvalue weighted by Gasteiger charge is -2.21. The van der Waals surface area contributed by atoms with Crippen LogP contribution in [-0.2, 0) is 20.7 Å². The molecule has 0 bridgehead atoms. The SMILES string of the molecule is CCOC(=O)CN(C)C[C@H]1CC2=C(O1)c1cc(F)ccc1Cc1ccccc12. The maximum Gasteiger partial charge on any atom is 0.320 e. The lowest BCUT2D eigenvalue weighted by atomic mass is 9.95. The minimum atomic E-state index is -0.261. The van der Waals surface area contributed by atoms with E-state index in [1.807, 2.05) is 30.1 Å². The molecule has 1 aliphatic carbocycles. The molecule has 1 atom stereocenters. The van der Waals surface area contributed by atoms with Gasteiger partial charge in [0.1, 0.15) is 17.7 Å². The lowest BCUT2D eigenvalue weighted by molar-refractivity contribution is -0.144. The number of esters is 1. The molecule has 0 spiro atoms. The highest BCUT2D eigenvalue weighted by Gasteiger charge is 2.33. The Bertz CT molecular complexity index is 937. The molecular formula is C23H24FNO3. The summed E-state index contributed by atoms with van der Waals surface area (Å²) in [6.45, 7) is 2.99. The lowest BCUT2D eigenvalue weighted by Crippen LogP contribution is -2.34. The third-order valence-electron chi connectivity index (χ3n) is 5.25. The molecule has 146 valence electrons. The van der Waals surface area contributed by atoms with Crippen LogP contribution in [0, 0.1) is 5.82 Å². The first-order valence-electron chi connectivity index (χ1n) is 9.66. The quantitative estimate of drug-likeness (QED) is 0.737. The van der Waals surface area contributed by atoms with Gasteiger partial charge < -0.3 is 9.47 Å². The van der Waals surface area contributed by atoms with Crippen LogP contribution in [0.2, 0.25) is 0 Å². The molecular weight excluding hydrogens is 357 g/mol. The van der Waals surface area contributed by atoms with E-state index in [-0.39, 0.29) is 24.4 Å². The van der Waals surface area contributed by atoms with Crippen LogP contribution >= 0.6 is 0 Å². The zero-order valence-electron chi connectivity index (χ0n) is 16.2. The number of likely N-dealkylation sites (N-methyl/N-ethyl adjacent to an activating group) is 1. The van der Waals surface area contributed by atoms with Crippen molar-refractivity contribution in [2.75, 3.05) is 26.7 Å². The van der Waals surface area contributed by atoms with Crippen molar-refractivity contribution in [3.05, 3.63) is 70.5 Å². The molecule has 0 saturated carbocycles. The summed E-state index contributed by atoms with van der Waals surface area (Å²) in [4.78, 5) is 13.6. The molecule has 4 nitrogen and oxygen atoms in total. The van der Waals surface area contributed by atoms with Crippen LogP contribution in [0.15, 0.2) is 42.5 Å². The van der Waals surface area contributed by atoms with Gasteiger partial charge in [0, 0.05) is 24.1 Å². The van der Waals surface area contributed by atoms with Crippen LogP contribution in [0.25, 0.3) is 11.3 Å². The number of fused-ring (bicyclic) bond motifs is 4. The minimum Gasteiger partial charge on any atom is -0.488 e. The summed E-state index contributed by atoms with van der Waals surface area (Å²) in [5.74, 6) is 0.271. The Morgan fingerprint density at radius 3 is 2.82 bits per heavy atom. The Kier molecular flexibility index (Phi) is 5.18. The van der Waals surface area contributed by atoms with E-state index < -0.39 is 0 Å². The van der Waals surface area contributed by atoms with E-state index >= 15 is 0 Å². The first-order chi connectivity index (χ1) is 13.5. The maximum absolute atomic E-state index is 14.0. The molecule has 2 aromatic rings. The highest BCUT2D eigenvalue weighted by atomic mass is 19.1. The predicted octanol–water partition coefficient (Wildman–Crippen LogP) is 3.88. The van der Waals surface area contributed by atoms with Gasteiger partial charge in [-0.1, -0.05) is 30.3 Å². The van der Waals surface area contributed by atoms with E-state index in [1.54, 1.807) is 13.0 Å². The van der Waals surface area contributed by atoms with Crippen LogP contribution in [0.1, 0.15) is 35.6 Å². The number of benzene rings is 2. The van der Waals surface area contributed by atoms with E-state index in [1.165, 1.54) is 17.2 Å². The summed E-state index contributed by atoms with van der Waals surface area (Å²) in [5, 5.41) is 0. The van der Waals surface area contributed by atoms with E-state index in [9.17, 15) is 9.18 Å². The zero-order chi connectivity index (χ0) is 19.7. The molecule has 0 radical (unpaired) electrons. The van der Waals surface area contributed by atoms with Gasteiger partial charge in [-0.3, -0.25) is 9.69 Å². The molecule has 5 heteroatoms. The average molecular weight is 381 g/mol. The molecule has 28 heavy (non-hydrogen) atoms. The van der Waals surface area contributed by atoms with Crippen molar-refractivity contribution in [1.82, 2.24) is 4.90 Å². The van der Waals surface area contributed by atoms with Gasteiger partial charge in [0.25, 0.3) is 0 Å². The zero-order valence-corrected chi connectivity index (χ0v) is 16.2. The van der Waals surface area contributed by atoms with Crippen LogP contribution < -0.4 is 0 Å². The van der Waals surface area contributed by atoms with Gasteiger partial charge >= 0.3 is 5.97 Å². The van der Waals surface area contributed by atoms with Gasteiger partial charge in [-0.2, -0.15) is 0 Å². The van der Waals surface area contributed by atoms with Crippen LogP contribution in [0.4, 0.5) is 4.39 Å². The Balaban J connectivity index is 1.61. The molecule has 4 rings (SSSR count). The Hall–Kier alpha value is -2.66. The highest BCUT2D eigenvalue weighted by Crippen LogP contribution is 2.44. The molecule has 2 aliphatic rings. The molecule has 1 aliphatic heterocycles. The summed E-state index contributed by atoms with van der Waals surface area (Å²) in [5.41, 5.74) is 5.42. The Morgan fingerprint density at radius 1 is 1.21 bits per heavy atom. The number of carbonyl (C=O) groups is 1. The smallest absolute Gasteiger partial charge is 0.320 e. The molecule has 0 saturated heterocycles. The van der Waals surface area contributed by atoms with Gasteiger partial charge in [0.05, 0.1) is 13.2 Å². The van der Waals surface area contributed by atoms with Gasteiger partial charge in [0.15, 0.2) is 0 Å². The number of nitrogens with zero attached hydrogens (tertiary/aromatic N) is 1. The number of ether oxygens (including phenoxy) is 2. The van der Waals surface area contributed by atoms with E-state index in [0.29, 0.717) is 13.2 Å². The fourth-order valence-corrected chi connectivity index (χ4v) is 4.09. The van der Waals surface area contributed by atoms with Crippen molar-refractivity contribution in [2.24, 2.45) is 0 Å². The van der Waals surface area contributed by atoms with Crippen molar-refractivity contribution in [3.63, 3.8) is 0 Å². The predicted molar refractivity (Wildman–Crippen MR) is 106 cm³/mol. The highest BCUT2D eigenvalue weighted by molar-refractivity contribution is 5.93. The maximum atomic E-state index is 14.0. The minimum absolute atomic E-state index is 0.0910. The number of hydrogen-bond donors (Lipinski definition) is 0. The van der Waals surface area contributed by atoms with Crippen molar-refractivity contribution in [3.8, 4) is 0 Å². The number of rotatable bonds is 5. The standard InChI is InChI=1S/C23H24FNO3/c1-3-27-22(26)14-25(2)13-18-12-21-19-7-5-4-6-15(19)10-16-8-9-17(24)11-20(16)23(21)28-18/h4-9,11,18H,3,10,12-14H2,1-2H3/t18-/m1/s1. The Morgan fingerprint density at radius 2 is 2.00 bits per heavy atom. The first kappa shape index (κ1) is 18.7. The summed E-state index contributed by atoms with van der Waals surface area (Å²) >= 11 is 0. The Labute approximate surface area is 164 Å². The third kappa shape index (κ3) is 3.67. The van der Waals surface area contributed by atoms with Crippen LogP contribution in [0.3, 0.4) is 0 Å². The topological polar surface area (TPSA) is 38.8 Å². The molecule has 0 N–H and O–H groups in total. The van der Waals surface area contributed by atoms with Gasteiger partial charge in [-0.05, 0) is 49.2 Å². The molecule has 0 unspecified atom stereocenters. The van der Waals surface area contributed by atoms with Crippen molar-refractivity contribution in [2.45, 2.75) is 25.9 Å².